The molecule has 0 spiro atoms. The van der Waals surface area contributed by atoms with Crippen LogP contribution in [0.4, 0.5) is 5.69 Å². The summed E-state index contributed by atoms with van der Waals surface area (Å²) in [6.07, 6.45) is 0. The zero-order valence-corrected chi connectivity index (χ0v) is 10.4. The maximum Gasteiger partial charge on any atom is 0.175 e. The van der Waals surface area contributed by atoms with Crippen molar-refractivity contribution in [3.8, 4) is 0 Å². The number of allylic oxidation sites excluding steroid dienone is 1. The highest BCUT2D eigenvalue weighted by molar-refractivity contribution is 5.95. The molecule has 0 saturated carbocycles. The number of rotatable bonds is 3. The second kappa shape index (κ2) is 4.52. The lowest BCUT2D eigenvalue weighted by molar-refractivity contribution is -0.113. The summed E-state index contributed by atoms with van der Waals surface area (Å²) in [5.74, 6) is -0.0382. The van der Waals surface area contributed by atoms with Gasteiger partial charge >= 0.3 is 0 Å². The van der Waals surface area contributed by atoms with Crippen LogP contribution in [-0.2, 0) is 10.2 Å². The molecule has 0 fully saturated rings. The van der Waals surface area contributed by atoms with Crippen molar-refractivity contribution in [1.82, 2.24) is 0 Å². The lowest BCUT2D eigenvalue weighted by Crippen LogP contribution is -2.16. The Labute approximate surface area is 97.4 Å². The summed E-state index contributed by atoms with van der Waals surface area (Å²) >= 11 is 0. The van der Waals surface area contributed by atoms with Crippen LogP contribution in [0, 0.1) is 0 Å². The van der Waals surface area contributed by atoms with Crippen molar-refractivity contribution >= 4 is 11.5 Å². The molecular weight excluding hydrogens is 198 g/mol. The molecule has 0 radical (unpaired) electrons. The van der Waals surface area contributed by atoms with Gasteiger partial charge in [0.05, 0.1) is 5.70 Å². The van der Waals surface area contributed by atoms with Gasteiger partial charge in [-0.1, -0.05) is 45.5 Å². The molecule has 1 aromatic rings. The van der Waals surface area contributed by atoms with Crippen LogP contribution < -0.4 is 5.32 Å². The van der Waals surface area contributed by atoms with Crippen molar-refractivity contribution in [2.75, 3.05) is 5.32 Å². The molecule has 0 bridgehead atoms. The van der Waals surface area contributed by atoms with Crippen LogP contribution in [-0.4, -0.2) is 5.78 Å². The van der Waals surface area contributed by atoms with Crippen LogP contribution in [0.15, 0.2) is 36.5 Å². The van der Waals surface area contributed by atoms with Crippen LogP contribution in [0.3, 0.4) is 0 Å². The van der Waals surface area contributed by atoms with Gasteiger partial charge in [-0.25, -0.2) is 0 Å². The number of carbonyl (C=O) groups is 1. The van der Waals surface area contributed by atoms with Gasteiger partial charge in [0.15, 0.2) is 5.78 Å². The third-order valence-electron chi connectivity index (χ3n) is 2.45. The highest BCUT2D eigenvalue weighted by atomic mass is 16.1. The van der Waals surface area contributed by atoms with E-state index in [0.29, 0.717) is 5.70 Å². The van der Waals surface area contributed by atoms with Gasteiger partial charge in [0, 0.05) is 12.6 Å². The maximum atomic E-state index is 11.1. The molecule has 1 rings (SSSR count). The molecule has 0 saturated heterocycles. The molecule has 86 valence electrons. The summed E-state index contributed by atoms with van der Waals surface area (Å²) in [7, 11) is 0. The monoisotopic (exact) mass is 217 g/mol. The van der Waals surface area contributed by atoms with E-state index in [9.17, 15) is 4.79 Å². The predicted octanol–water partition coefficient (Wildman–Crippen LogP) is 3.50. The van der Waals surface area contributed by atoms with Gasteiger partial charge in [-0.05, 0) is 17.0 Å². The van der Waals surface area contributed by atoms with Gasteiger partial charge < -0.3 is 5.32 Å². The maximum absolute atomic E-state index is 11.1. The minimum atomic E-state index is -0.0382. The van der Waals surface area contributed by atoms with E-state index in [1.54, 1.807) is 0 Å². The lowest BCUT2D eigenvalue weighted by atomic mass is 9.86. The number of para-hydroxylation sites is 1. The smallest absolute Gasteiger partial charge is 0.175 e. The van der Waals surface area contributed by atoms with Crippen LogP contribution in [0.5, 0.6) is 0 Å². The molecule has 1 aromatic carbocycles. The first kappa shape index (κ1) is 12.5. The van der Waals surface area contributed by atoms with E-state index in [1.165, 1.54) is 12.5 Å². The molecule has 0 aliphatic carbocycles. The largest absolute Gasteiger partial charge is 0.353 e. The molecule has 1 N–H and O–H groups in total. The Kier molecular flexibility index (Phi) is 3.53. The number of Topliss-reactive ketones (excluding diaryl/α,β-unsaturated/α-hetero) is 1. The lowest BCUT2D eigenvalue weighted by Gasteiger charge is -2.23. The van der Waals surface area contributed by atoms with Crippen LogP contribution in [0.1, 0.15) is 33.3 Å². The average Bonchev–Trinajstić information content (AvgIpc) is 2.16. The van der Waals surface area contributed by atoms with E-state index in [0.717, 1.165) is 5.69 Å². The summed E-state index contributed by atoms with van der Waals surface area (Å²) in [5, 5.41) is 3.07. The summed E-state index contributed by atoms with van der Waals surface area (Å²) in [5.41, 5.74) is 2.60. The van der Waals surface area contributed by atoms with Crippen molar-refractivity contribution in [3.63, 3.8) is 0 Å². The highest BCUT2D eigenvalue weighted by Crippen LogP contribution is 2.29. The van der Waals surface area contributed by atoms with E-state index in [2.05, 4.69) is 38.7 Å². The van der Waals surface area contributed by atoms with Gasteiger partial charge in [-0.2, -0.15) is 0 Å². The quantitative estimate of drug-likeness (QED) is 0.785. The van der Waals surface area contributed by atoms with Crippen LogP contribution in [0.25, 0.3) is 0 Å². The minimum Gasteiger partial charge on any atom is -0.353 e. The van der Waals surface area contributed by atoms with Crippen molar-refractivity contribution in [2.24, 2.45) is 0 Å². The van der Waals surface area contributed by atoms with Crippen LogP contribution >= 0.6 is 0 Å². The standard InChI is InChI=1S/C14H19NO/c1-10(11(2)16)15-13-9-7-6-8-12(13)14(3,4)5/h6-9,15H,1H2,2-5H3. The number of ketones is 1. The third-order valence-corrected chi connectivity index (χ3v) is 2.45. The number of anilines is 1. The Morgan fingerprint density at radius 1 is 1.25 bits per heavy atom. The Hall–Kier alpha value is -1.57. The molecule has 0 atom stereocenters. The fraction of sp³-hybridized carbons (Fsp3) is 0.357. The zero-order valence-electron chi connectivity index (χ0n) is 10.4. The average molecular weight is 217 g/mol. The molecule has 0 amide bonds. The summed E-state index contributed by atoms with van der Waals surface area (Å²) in [6, 6.07) is 7.98. The SMILES string of the molecule is C=C(Nc1ccccc1C(C)(C)C)C(C)=O. The van der Waals surface area contributed by atoms with Crippen molar-refractivity contribution < 1.29 is 4.79 Å². The minimum absolute atomic E-state index is 0.0382. The molecule has 0 aliphatic heterocycles. The molecule has 2 nitrogen and oxygen atoms in total. The molecule has 0 aliphatic rings. The Balaban J connectivity index is 3.05. The normalized spacial score (nSPS) is 11.0. The van der Waals surface area contributed by atoms with Gasteiger partial charge in [-0.3, -0.25) is 4.79 Å². The third kappa shape index (κ3) is 2.96. The number of carbonyl (C=O) groups excluding carboxylic acids is 1. The first-order valence-corrected chi connectivity index (χ1v) is 5.39. The first-order chi connectivity index (χ1) is 7.32. The zero-order chi connectivity index (χ0) is 12.3. The molecule has 16 heavy (non-hydrogen) atoms. The summed E-state index contributed by atoms with van der Waals surface area (Å²) in [6.45, 7) is 11.6. The second-order valence-corrected chi connectivity index (χ2v) is 4.96. The van der Waals surface area contributed by atoms with Gasteiger partial charge in [0.1, 0.15) is 0 Å². The van der Waals surface area contributed by atoms with E-state index in [-0.39, 0.29) is 11.2 Å². The first-order valence-electron chi connectivity index (χ1n) is 5.39. The highest BCUT2D eigenvalue weighted by Gasteiger charge is 2.17. The summed E-state index contributed by atoms with van der Waals surface area (Å²) < 4.78 is 0. The molecule has 2 heteroatoms. The van der Waals surface area contributed by atoms with Crippen molar-refractivity contribution in [1.29, 1.82) is 0 Å². The molecule has 0 heterocycles. The molecular formula is C14H19NO. The van der Waals surface area contributed by atoms with Crippen molar-refractivity contribution in [3.05, 3.63) is 42.1 Å². The topological polar surface area (TPSA) is 29.1 Å². The number of nitrogens with one attached hydrogen (secondary N) is 1. The summed E-state index contributed by atoms with van der Waals surface area (Å²) in [4.78, 5) is 11.1. The number of hydrogen-bond donors (Lipinski definition) is 1. The van der Waals surface area contributed by atoms with Crippen molar-refractivity contribution in [2.45, 2.75) is 33.1 Å². The van der Waals surface area contributed by atoms with Gasteiger partial charge in [-0.15, -0.1) is 0 Å². The van der Waals surface area contributed by atoms with Gasteiger partial charge in [0.2, 0.25) is 0 Å². The Morgan fingerprint density at radius 3 is 2.31 bits per heavy atom. The van der Waals surface area contributed by atoms with Gasteiger partial charge in [0.25, 0.3) is 0 Å². The van der Waals surface area contributed by atoms with E-state index in [1.807, 2.05) is 18.2 Å². The molecule has 0 aromatic heterocycles. The van der Waals surface area contributed by atoms with Crippen LogP contribution in [0.2, 0.25) is 0 Å². The fourth-order valence-corrected chi connectivity index (χ4v) is 1.50. The fourth-order valence-electron chi connectivity index (χ4n) is 1.50. The van der Waals surface area contributed by atoms with E-state index >= 15 is 0 Å². The Bertz CT molecular complexity index is 413. The van der Waals surface area contributed by atoms with E-state index in [4.69, 9.17) is 0 Å². The number of benzene rings is 1. The molecule has 0 unspecified atom stereocenters. The van der Waals surface area contributed by atoms with E-state index < -0.39 is 0 Å². The Morgan fingerprint density at radius 2 is 1.81 bits per heavy atom. The second-order valence-electron chi connectivity index (χ2n) is 4.96. The predicted molar refractivity (Wildman–Crippen MR) is 68.6 cm³/mol. The number of hydrogen-bond acceptors (Lipinski definition) is 2.